The van der Waals surface area contributed by atoms with Crippen LogP contribution in [0.4, 0.5) is 0 Å². The minimum absolute atomic E-state index is 0.111. The summed E-state index contributed by atoms with van der Waals surface area (Å²) in [4.78, 5) is 13.7. The largest absolute Gasteiger partial charge is 0.396 e. The van der Waals surface area contributed by atoms with Gasteiger partial charge in [0.1, 0.15) is 0 Å². The van der Waals surface area contributed by atoms with E-state index in [1.54, 1.807) is 4.90 Å². The van der Waals surface area contributed by atoms with Gasteiger partial charge in [-0.1, -0.05) is 32.6 Å². The molecule has 0 aromatic carbocycles. The second-order valence-corrected chi connectivity index (χ2v) is 4.70. The van der Waals surface area contributed by atoms with Crippen molar-refractivity contribution in [3.05, 3.63) is 0 Å². The highest BCUT2D eigenvalue weighted by Gasteiger charge is 2.11. The van der Waals surface area contributed by atoms with Gasteiger partial charge in [-0.2, -0.15) is 0 Å². The molecule has 2 N–H and O–H groups in total. The minimum atomic E-state index is 0.111. The lowest BCUT2D eigenvalue weighted by molar-refractivity contribution is -0.131. The van der Waals surface area contributed by atoms with Crippen molar-refractivity contribution >= 4 is 5.91 Å². The van der Waals surface area contributed by atoms with Gasteiger partial charge in [0.05, 0.1) is 0 Å². The topological polar surface area (TPSA) is 60.8 Å². The van der Waals surface area contributed by atoms with Gasteiger partial charge in [0.15, 0.2) is 0 Å². The Morgan fingerprint density at radius 3 is 1.94 bits per heavy atom. The first-order chi connectivity index (χ1) is 8.76. The standard InChI is InChI=1S/C14H29NO3/c1-2-3-4-5-6-9-14(18)15(10-7-12-16)11-8-13-17/h16-17H,2-13H2,1H3. The summed E-state index contributed by atoms with van der Waals surface area (Å²) in [5.74, 6) is 0.161. The maximum absolute atomic E-state index is 12.0. The Hall–Kier alpha value is -0.610. The number of carbonyl (C=O) groups excluding carboxylic acids is 1. The third kappa shape index (κ3) is 9.42. The van der Waals surface area contributed by atoms with E-state index in [0.717, 1.165) is 12.8 Å². The van der Waals surface area contributed by atoms with E-state index in [1.165, 1.54) is 19.3 Å². The van der Waals surface area contributed by atoms with E-state index in [1.807, 2.05) is 0 Å². The fourth-order valence-corrected chi connectivity index (χ4v) is 1.92. The molecule has 0 aromatic heterocycles. The lowest BCUT2D eigenvalue weighted by atomic mass is 10.1. The second-order valence-electron chi connectivity index (χ2n) is 4.70. The van der Waals surface area contributed by atoms with Crippen LogP contribution in [0.15, 0.2) is 0 Å². The van der Waals surface area contributed by atoms with Crippen molar-refractivity contribution in [1.29, 1.82) is 0 Å². The molecule has 0 saturated heterocycles. The van der Waals surface area contributed by atoms with Crippen LogP contribution in [0.5, 0.6) is 0 Å². The SMILES string of the molecule is CCCCCCCC(=O)N(CCCO)CCCO. The minimum Gasteiger partial charge on any atom is -0.396 e. The van der Waals surface area contributed by atoms with Gasteiger partial charge in [0, 0.05) is 32.7 Å². The molecule has 0 rings (SSSR count). The lowest BCUT2D eigenvalue weighted by Gasteiger charge is -2.22. The molecule has 0 aliphatic heterocycles. The number of nitrogens with zero attached hydrogens (tertiary/aromatic N) is 1. The summed E-state index contributed by atoms with van der Waals surface area (Å²) in [7, 11) is 0. The van der Waals surface area contributed by atoms with Crippen LogP contribution in [0.25, 0.3) is 0 Å². The van der Waals surface area contributed by atoms with Gasteiger partial charge in [-0.05, 0) is 19.3 Å². The van der Waals surface area contributed by atoms with Crippen molar-refractivity contribution in [3.8, 4) is 0 Å². The monoisotopic (exact) mass is 259 g/mol. The number of amides is 1. The van der Waals surface area contributed by atoms with Crippen molar-refractivity contribution in [2.75, 3.05) is 26.3 Å². The van der Waals surface area contributed by atoms with Crippen LogP contribution < -0.4 is 0 Å². The summed E-state index contributed by atoms with van der Waals surface area (Å²) in [5.41, 5.74) is 0. The molecule has 0 aromatic rings. The fourth-order valence-electron chi connectivity index (χ4n) is 1.92. The molecule has 0 spiro atoms. The number of hydrogen-bond acceptors (Lipinski definition) is 3. The smallest absolute Gasteiger partial charge is 0.222 e. The lowest BCUT2D eigenvalue weighted by Crippen LogP contribution is -2.33. The molecule has 0 aliphatic rings. The number of hydrogen-bond donors (Lipinski definition) is 2. The normalized spacial score (nSPS) is 10.6. The van der Waals surface area contributed by atoms with Crippen molar-refractivity contribution in [2.45, 2.75) is 58.3 Å². The molecule has 4 nitrogen and oxygen atoms in total. The summed E-state index contributed by atoms with van der Waals surface area (Å²) in [5, 5.41) is 17.6. The van der Waals surface area contributed by atoms with Gasteiger partial charge in [-0.15, -0.1) is 0 Å². The predicted molar refractivity (Wildman–Crippen MR) is 73.4 cm³/mol. The number of aliphatic hydroxyl groups is 2. The van der Waals surface area contributed by atoms with Crippen LogP contribution in [0.1, 0.15) is 58.3 Å². The van der Waals surface area contributed by atoms with Crippen molar-refractivity contribution in [1.82, 2.24) is 4.90 Å². The zero-order chi connectivity index (χ0) is 13.6. The number of unbranched alkanes of at least 4 members (excludes halogenated alkanes) is 4. The van der Waals surface area contributed by atoms with E-state index in [-0.39, 0.29) is 19.1 Å². The first-order valence-electron chi connectivity index (χ1n) is 7.25. The van der Waals surface area contributed by atoms with Crippen LogP contribution in [0, 0.1) is 0 Å². The molecule has 108 valence electrons. The molecule has 4 heteroatoms. The Morgan fingerprint density at radius 1 is 0.889 bits per heavy atom. The molecule has 1 amide bonds. The Kier molecular flexibility index (Phi) is 12.4. The van der Waals surface area contributed by atoms with Gasteiger partial charge in [0.2, 0.25) is 5.91 Å². The Morgan fingerprint density at radius 2 is 1.44 bits per heavy atom. The van der Waals surface area contributed by atoms with Crippen LogP contribution in [0.2, 0.25) is 0 Å². The van der Waals surface area contributed by atoms with E-state index in [0.29, 0.717) is 32.4 Å². The maximum Gasteiger partial charge on any atom is 0.222 e. The molecule has 18 heavy (non-hydrogen) atoms. The van der Waals surface area contributed by atoms with E-state index in [4.69, 9.17) is 10.2 Å². The quantitative estimate of drug-likeness (QED) is 0.527. The molecule has 0 unspecified atom stereocenters. The molecule has 0 bridgehead atoms. The van der Waals surface area contributed by atoms with E-state index in [9.17, 15) is 4.79 Å². The van der Waals surface area contributed by atoms with Crippen LogP contribution in [0.3, 0.4) is 0 Å². The first-order valence-corrected chi connectivity index (χ1v) is 7.25. The zero-order valence-electron chi connectivity index (χ0n) is 11.7. The summed E-state index contributed by atoms with van der Waals surface area (Å²) in [6, 6.07) is 0. The Labute approximate surface area is 111 Å². The molecular weight excluding hydrogens is 230 g/mol. The van der Waals surface area contributed by atoms with Gasteiger partial charge < -0.3 is 15.1 Å². The zero-order valence-corrected chi connectivity index (χ0v) is 11.7. The van der Waals surface area contributed by atoms with E-state index in [2.05, 4.69) is 6.92 Å². The highest BCUT2D eigenvalue weighted by Crippen LogP contribution is 2.07. The average molecular weight is 259 g/mol. The molecular formula is C14H29NO3. The van der Waals surface area contributed by atoms with E-state index >= 15 is 0 Å². The highest BCUT2D eigenvalue weighted by atomic mass is 16.3. The van der Waals surface area contributed by atoms with Gasteiger partial charge >= 0.3 is 0 Å². The van der Waals surface area contributed by atoms with E-state index < -0.39 is 0 Å². The first kappa shape index (κ1) is 17.4. The summed E-state index contributed by atoms with van der Waals surface area (Å²) < 4.78 is 0. The molecule has 0 heterocycles. The molecule has 0 atom stereocenters. The summed E-state index contributed by atoms with van der Waals surface area (Å²) >= 11 is 0. The fraction of sp³-hybridized carbons (Fsp3) is 0.929. The Balaban J connectivity index is 3.80. The molecule has 0 saturated carbocycles. The third-order valence-corrected chi connectivity index (χ3v) is 3.02. The Bertz CT molecular complexity index is 189. The molecule has 0 aliphatic carbocycles. The highest BCUT2D eigenvalue weighted by molar-refractivity contribution is 5.76. The van der Waals surface area contributed by atoms with Gasteiger partial charge in [0.25, 0.3) is 0 Å². The summed E-state index contributed by atoms with van der Waals surface area (Å²) in [6.45, 7) is 3.60. The van der Waals surface area contributed by atoms with Crippen molar-refractivity contribution in [3.63, 3.8) is 0 Å². The van der Waals surface area contributed by atoms with Crippen LogP contribution in [-0.2, 0) is 4.79 Å². The molecule has 0 fully saturated rings. The van der Waals surface area contributed by atoms with Gasteiger partial charge in [-0.25, -0.2) is 0 Å². The second kappa shape index (κ2) is 12.8. The average Bonchev–Trinajstić information content (AvgIpc) is 2.38. The number of aliphatic hydroxyl groups excluding tert-OH is 2. The number of carbonyl (C=O) groups is 1. The molecule has 0 radical (unpaired) electrons. The summed E-state index contributed by atoms with van der Waals surface area (Å²) in [6.07, 6.45) is 7.57. The number of rotatable bonds is 12. The third-order valence-electron chi connectivity index (χ3n) is 3.02. The van der Waals surface area contributed by atoms with Crippen molar-refractivity contribution in [2.24, 2.45) is 0 Å². The van der Waals surface area contributed by atoms with Crippen molar-refractivity contribution < 1.29 is 15.0 Å². The maximum atomic E-state index is 12.0. The predicted octanol–water partition coefficient (Wildman–Crippen LogP) is 1.94. The van der Waals surface area contributed by atoms with Crippen LogP contribution >= 0.6 is 0 Å². The van der Waals surface area contributed by atoms with Gasteiger partial charge in [-0.3, -0.25) is 4.79 Å². The van der Waals surface area contributed by atoms with Crippen LogP contribution in [-0.4, -0.2) is 47.3 Å².